The lowest BCUT2D eigenvalue weighted by molar-refractivity contribution is -0.143. The number of aromatic nitrogens is 1. The van der Waals surface area contributed by atoms with Crippen LogP contribution in [0, 0.1) is 0 Å². The fourth-order valence-corrected chi connectivity index (χ4v) is 5.87. The topological polar surface area (TPSA) is 97.6 Å². The van der Waals surface area contributed by atoms with Gasteiger partial charge in [-0.3, -0.25) is 9.36 Å². The van der Waals surface area contributed by atoms with Crippen molar-refractivity contribution in [2.24, 2.45) is 4.99 Å². The van der Waals surface area contributed by atoms with E-state index in [1.54, 1.807) is 52.2 Å². The lowest BCUT2D eigenvalue weighted by Crippen LogP contribution is -2.40. The van der Waals surface area contributed by atoms with Crippen LogP contribution >= 0.6 is 27.3 Å². The molecule has 0 saturated heterocycles. The van der Waals surface area contributed by atoms with Gasteiger partial charge in [-0.15, -0.1) is 0 Å². The molecular formula is C28H29BrN2O7S. The van der Waals surface area contributed by atoms with Crippen molar-refractivity contribution in [3.63, 3.8) is 0 Å². The molecule has 0 fully saturated rings. The Balaban J connectivity index is 2.02. The van der Waals surface area contributed by atoms with Gasteiger partial charge in [0.2, 0.25) is 5.75 Å². The number of esters is 1. The van der Waals surface area contributed by atoms with Crippen LogP contribution in [0.25, 0.3) is 6.08 Å². The first kappa shape index (κ1) is 28.4. The Bertz CT molecular complexity index is 1640. The molecule has 0 N–H and O–H groups in total. The van der Waals surface area contributed by atoms with E-state index < -0.39 is 12.0 Å². The Morgan fingerprint density at radius 3 is 2.31 bits per heavy atom. The summed E-state index contributed by atoms with van der Waals surface area (Å²) in [5.41, 5.74) is 1.64. The van der Waals surface area contributed by atoms with Gasteiger partial charge in [-0.05, 0) is 57.2 Å². The van der Waals surface area contributed by atoms with E-state index >= 15 is 0 Å². The minimum absolute atomic E-state index is 0.266. The Kier molecular flexibility index (Phi) is 8.51. The molecule has 0 saturated carbocycles. The molecule has 9 nitrogen and oxygen atoms in total. The van der Waals surface area contributed by atoms with Gasteiger partial charge in [0.15, 0.2) is 16.3 Å². The predicted molar refractivity (Wildman–Crippen MR) is 152 cm³/mol. The third kappa shape index (κ3) is 5.33. The van der Waals surface area contributed by atoms with Crippen molar-refractivity contribution >= 4 is 39.3 Å². The summed E-state index contributed by atoms with van der Waals surface area (Å²) < 4.78 is 30.4. The standard InChI is InChI=1S/C28H29BrN2O7S/c1-14(2)38-27(33)22-15(3)30-28-31(23(22)18-13-17(29)9-11-19(18)34-4)26(32)21(39-28)12-16-8-10-20(35-5)25(37-7)24(16)36-6/h8-14,23H,1-7H3/b21-12-/t23-/m0/s1. The lowest BCUT2D eigenvalue weighted by Gasteiger charge is -2.26. The number of allylic oxidation sites excluding steroid dienone is 1. The predicted octanol–water partition coefficient (Wildman–Crippen LogP) is 3.98. The molecular weight excluding hydrogens is 588 g/mol. The van der Waals surface area contributed by atoms with Gasteiger partial charge < -0.3 is 23.7 Å². The molecule has 4 rings (SSSR count). The van der Waals surface area contributed by atoms with Crippen molar-refractivity contribution in [2.45, 2.75) is 32.9 Å². The highest BCUT2D eigenvalue weighted by Crippen LogP contribution is 2.40. The number of halogens is 1. The average Bonchev–Trinajstić information content (AvgIpc) is 3.20. The second kappa shape index (κ2) is 11.7. The maximum absolute atomic E-state index is 14.0. The van der Waals surface area contributed by atoms with E-state index in [1.807, 2.05) is 12.1 Å². The first-order valence-electron chi connectivity index (χ1n) is 12.0. The summed E-state index contributed by atoms with van der Waals surface area (Å²) in [6.07, 6.45) is 1.36. The first-order valence-corrected chi connectivity index (χ1v) is 13.6. The molecule has 206 valence electrons. The van der Waals surface area contributed by atoms with Crippen LogP contribution in [0.2, 0.25) is 0 Å². The number of thiazole rings is 1. The molecule has 0 unspecified atom stereocenters. The molecule has 11 heteroatoms. The number of nitrogens with zero attached hydrogens (tertiary/aromatic N) is 2. The molecule has 2 heterocycles. The highest BCUT2D eigenvalue weighted by atomic mass is 79.9. The number of methoxy groups -OCH3 is 4. The Labute approximate surface area is 238 Å². The van der Waals surface area contributed by atoms with Crippen LogP contribution in [-0.2, 0) is 9.53 Å². The molecule has 2 aromatic carbocycles. The zero-order chi connectivity index (χ0) is 28.4. The highest BCUT2D eigenvalue weighted by molar-refractivity contribution is 9.10. The van der Waals surface area contributed by atoms with E-state index in [9.17, 15) is 9.59 Å². The third-order valence-electron chi connectivity index (χ3n) is 6.09. The Morgan fingerprint density at radius 1 is 1.03 bits per heavy atom. The van der Waals surface area contributed by atoms with Gasteiger partial charge in [0.1, 0.15) is 11.8 Å². The van der Waals surface area contributed by atoms with Crippen LogP contribution in [0.3, 0.4) is 0 Å². The van der Waals surface area contributed by atoms with Gasteiger partial charge in [-0.1, -0.05) is 27.3 Å². The van der Waals surface area contributed by atoms with Crippen LogP contribution in [0.1, 0.15) is 37.9 Å². The summed E-state index contributed by atoms with van der Waals surface area (Å²) in [6, 6.07) is 8.14. The Morgan fingerprint density at radius 2 is 1.69 bits per heavy atom. The summed E-state index contributed by atoms with van der Waals surface area (Å²) >= 11 is 4.72. The monoisotopic (exact) mass is 616 g/mol. The summed E-state index contributed by atoms with van der Waals surface area (Å²) in [6.45, 7) is 5.28. The highest BCUT2D eigenvalue weighted by Gasteiger charge is 2.35. The van der Waals surface area contributed by atoms with Crippen molar-refractivity contribution in [2.75, 3.05) is 28.4 Å². The quantitative estimate of drug-likeness (QED) is 0.353. The van der Waals surface area contributed by atoms with Crippen LogP contribution in [-0.4, -0.2) is 45.1 Å². The van der Waals surface area contributed by atoms with E-state index in [-0.39, 0.29) is 17.2 Å². The number of hydrogen-bond donors (Lipinski definition) is 0. The van der Waals surface area contributed by atoms with E-state index in [1.165, 1.54) is 37.2 Å². The average molecular weight is 618 g/mol. The van der Waals surface area contributed by atoms with Crippen LogP contribution in [0.15, 0.2) is 55.9 Å². The SMILES string of the molecule is COc1ccc(Br)cc1[C@H]1C(C(=O)OC(C)C)=C(C)N=c2s/c(=C\c3ccc(OC)c(OC)c3OC)c(=O)n21. The van der Waals surface area contributed by atoms with Gasteiger partial charge in [0.25, 0.3) is 5.56 Å². The van der Waals surface area contributed by atoms with Crippen molar-refractivity contribution < 1.29 is 28.5 Å². The molecule has 0 aliphatic carbocycles. The zero-order valence-corrected chi connectivity index (χ0v) is 25.1. The van der Waals surface area contributed by atoms with Crippen LogP contribution in [0.5, 0.6) is 23.0 Å². The third-order valence-corrected chi connectivity index (χ3v) is 7.57. The summed E-state index contributed by atoms with van der Waals surface area (Å²) in [4.78, 5) is 32.5. The smallest absolute Gasteiger partial charge is 0.338 e. The fourth-order valence-electron chi connectivity index (χ4n) is 4.45. The van der Waals surface area contributed by atoms with Gasteiger partial charge in [0, 0.05) is 15.6 Å². The van der Waals surface area contributed by atoms with Gasteiger partial charge in [-0.2, -0.15) is 0 Å². The van der Waals surface area contributed by atoms with E-state index in [4.69, 9.17) is 23.7 Å². The molecule has 3 aromatic rings. The normalized spacial score (nSPS) is 15.1. The van der Waals surface area contributed by atoms with E-state index in [2.05, 4.69) is 20.9 Å². The maximum Gasteiger partial charge on any atom is 0.338 e. The largest absolute Gasteiger partial charge is 0.496 e. The van der Waals surface area contributed by atoms with Gasteiger partial charge >= 0.3 is 5.97 Å². The van der Waals surface area contributed by atoms with Crippen molar-refractivity contribution in [3.8, 4) is 23.0 Å². The number of carbonyl (C=O) groups is 1. The second-order valence-corrected chi connectivity index (χ2v) is 10.8. The van der Waals surface area contributed by atoms with Crippen molar-refractivity contribution in [3.05, 3.63) is 76.9 Å². The molecule has 0 spiro atoms. The number of ether oxygens (including phenoxy) is 5. The van der Waals surface area contributed by atoms with E-state index in [0.29, 0.717) is 49.2 Å². The molecule has 1 atom stereocenters. The van der Waals surface area contributed by atoms with Crippen LogP contribution in [0.4, 0.5) is 0 Å². The second-order valence-electron chi connectivity index (χ2n) is 8.85. The molecule has 1 aliphatic heterocycles. The summed E-state index contributed by atoms with van der Waals surface area (Å²) in [5.74, 6) is 1.30. The number of fused-ring (bicyclic) bond motifs is 1. The fraction of sp³-hybridized carbons (Fsp3) is 0.321. The van der Waals surface area contributed by atoms with Gasteiger partial charge in [0.05, 0.1) is 50.3 Å². The molecule has 1 aliphatic rings. The molecule has 0 amide bonds. The zero-order valence-electron chi connectivity index (χ0n) is 22.7. The van der Waals surface area contributed by atoms with Crippen LogP contribution < -0.4 is 33.8 Å². The summed E-state index contributed by atoms with van der Waals surface area (Å²) in [7, 11) is 6.12. The summed E-state index contributed by atoms with van der Waals surface area (Å²) in [5, 5.41) is 0. The minimum atomic E-state index is -0.825. The maximum atomic E-state index is 14.0. The van der Waals surface area contributed by atoms with E-state index in [0.717, 1.165) is 4.47 Å². The number of carbonyl (C=O) groups excluding carboxylic acids is 1. The van der Waals surface area contributed by atoms with Crippen molar-refractivity contribution in [1.29, 1.82) is 0 Å². The molecule has 0 bridgehead atoms. The molecule has 1 aromatic heterocycles. The van der Waals surface area contributed by atoms with Crippen molar-refractivity contribution in [1.82, 2.24) is 4.57 Å². The number of rotatable bonds is 8. The van der Waals surface area contributed by atoms with Gasteiger partial charge in [-0.25, -0.2) is 9.79 Å². The Hall–Kier alpha value is -3.57. The molecule has 39 heavy (non-hydrogen) atoms. The first-order chi connectivity index (χ1) is 18.6. The minimum Gasteiger partial charge on any atom is -0.496 e. The number of hydrogen-bond acceptors (Lipinski definition) is 9. The lowest BCUT2D eigenvalue weighted by atomic mass is 9.95. The number of benzene rings is 2. The molecule has 0 radical (unpaired) electrons.